The van der Waals surface area contributed by atoms with Gasteiger partial charge in [0.25, 0.3) is 0 Å². The van der Waals surface area contributed by atoms with Crippen molar-refractivity contribution in [1.29, 1.82) is 5.26 Å². The summed E-state index contributed by atoms with van der Waals surface area (Å²) < 4.78 is 2.40. The van der Waals surface area contributed by atoms with E-state index in [1.807, 2.05) is 12.1 Å². The summed E-state index contributed by atoms with van der Waals surface area (Å²) in [6.45, 7) is 0. The van der Waals surface area contributed by atoms with Gasteiger partial charge in [-0.05, 0) is 81.4 Å². The summed E-state index contributed by atoms with van der Waals surface area (Å²) in [5, 5.41) is 21.0. The Kier molecular flexibility index (Phi) is 9.62. The monoisotopic (exact) mass is 752 g/mol. The zero-order valence-electron chi connectivity index (χ0n) is 30.9. The van der Waals surface area contributed by atoms with E-state index in [2.05, 4.69) is 187 Å². The fraction of sp³-hybridized carbons (Fsp3) is 0.0385. The predicted molar refractivity (Wildman–Crippen MR) is 233 cm³/mol. The van der Waals surface area contributed by atoms with Crippen molar-refractivity contribution in [1.82, 2.24) is 4.57 Å². The van der Waals surface area contributed by atoms with Gasteiger partial charge in [-0.15, -0.1) is 11.3 Å². The molecular formula is C52H36N2O2S. The van der Waals surface area contributed by atoms with E-state index in [1.165, 1.54) is 61.6 Å². The molecule has 0 fully saturated rings. The highest BCUT2D eigenvalue weighted by Gasteiger charge is 2.22. The standard InChI is InChI=1S/C52H36N2O2S/c53-34-42(52(55)56)31-44-27-30-49(57-44)35-21-25-43(26-22-35)54-47-32-40(50(36-13-5-1-6-14-36)37-15-7-2-8-16-37)23-28-45(47)46-29-24-41(33-48(46)54)51(38-17-9-3-10-18-38)39-19-11-4-12-20-39/h1-33,50-51H,(H,55,56)/b42-31+. The highest BCUT2D eigenvalue weighted by molar-refractivity contribution is 7.16. The van der Waals surface area contributed by atoms with Gasteiger partial charge in [-0.2, -0.15) is 5.26 Å². The molecule has 0 saturated carbocycles. The fourth-order valence-electron chi connectivity index (χ4n) is 8.07. The fourth-order valence-corrected chi connectivity index (χ4v) is 9.03. The predicted octanol–water partition coefficient (Wildman–Crippen LogP) is 12.9. The van der Waals surface area contributed by atoms with Crippen LogP contribution < -0.4 is 0 Å². The van der Waals surface area contributed by atoms with Gasteiger partial charge in [0.1, 0.15) is 11.6 Å². The van der Waals surface area contributed by atoms with Crippen LogP contribution in [0.3, 0.4) is 0 Å². The van der Waals surface area contributed by atoms with Crippen molar-refractivity contribution in [3.8, 4) is 22.2 Å². The van der Waals surface area contributed by atoms with Crippen LogP contribution in [0.2, 0.25) is 0 Å². The van der Waals surface area contributed by atoms with Crippen LogP contribution in [0.5, 0.6) is 0 Å². The molecule has 2 heterocycles. The first-order valence-electron chi connectivity index (χ1n) is 18.9. The van der Waals surface area contributed by atoms with Crippen LogP contribution in [-0.2, 0) is 4.79 Å². The van der Waals surface area contributed by atoms with Crippen molar-refractivity contribution in [2.24, 2.45) is 0 Å². The molecule has 7 aromatic carbocycles. The quantitative estimate of drug-likeness (QED) is 0.0859. The minimum Gasteiger partial charge on any atom is -0.477 e. The molecule has 0 aliphatic heterocycles. The summed E-state index contributed by atoms with van der Waals surface area (Å²) in [4.78, 5) is 13.2. The third-order valence-electron chi connectivity index (χ3n) is 10.7. The summed E-state index contributed by atoms with van der Waals surface area (Å²) in [5.74, 6) is -1.13. The SMILES string of the molecule is N#C/C(=C\c1ccc(-c2ccc(-n3c4cc(C(c5ccccc5)c5ccccc5)ccc4c4ccc(C(c5ccccc5)c5ccccc5)cc43)cc2)s1)C(=O)O. The van der Waals surface area contributed by atoms with Crippen LogP contribution in [0.15, 0.2) is 200 Å². The van der Waals surface area contributed by atoms with Crippen LogP contribution in [0, 0.1) is 11.3 Å². The number of hydrogen-bond donors (Lipinski definition) is 1. The Bertz CT molecular complexity index is 2700. The summed E-state index contributed by atoms with van der Waals surface area (Å²) >= 11 is 1.46. The number of hydrogen-bond acceptors (Lipinski definition) is 3. The highest BCUT2D eigenvalue weighted by atomic mass is 32.1. The summed E-state index contributed by atoms with van der Waals surface area (Å²) in [6, 6.07) is 70.9. The van der Waals surface area contributed by atoms with E-state index in [-0.39, 0.29) is 17.4 Å². The largest absolute Gasteiger partial charge is 0.477 e. The molecule has 0 unspecified atom stereocenters. The first-order valence-corrected chi connectivity index (χ1v) is 19.7. The third kappa shape index (κ3) is 6.95. The molecular weight excluding hydrogens is 717 g/mol. The zero-order chi connectivity index (χ0) is 38.7. The molecule has 1 N–H and O–H groups in total. The molecule has 0 bridgehead atoms. The van der Waals surface area contributed by atoms with Crippen LogP contribution in [0.25, 0.3) is 44.0 Å². The topological polar surface area (TPSA) is 66.0 Å². The van der Waals surface area contributed by atoms with Gasteiger partial charge in [-0.3, -0.25) is 0 Å². The lowest BCUT2D eigenvalue weighted by Gasteiger charge is -2.20. The lowest BCUT2D eigenvalue weighted by atomic mass is 9.84. The molecule has 0 spiro atoms. The van der Waals surface area contributed by atoms with Crippen molar-refractivity contribution in [2.75, 3.05) is 0 Å². The number of nitriles is 1. The Labute approximate surface area is 335 Å². The Morgan fingerprint density at radius 3 is 1.39 bits per heavy atom. The van der Waals surface area contributed by atoms with Gasteiger partial charge >= 0.3 is 5.97 Å². The molecule has 5 heteroatoms. The maximum atomic E-state index is 11.5. The van der Waals surface area contributed by atoms with Gasteiger partial charge in [0.2, 0.25) is 0 Å². The average Bonchev–Trinajstić information content (AvgIpc) is 3.87. The minimum absolute atomic E-state index is 0.0477. The average molecular weight is 753 g/mol. The van der Waals surface area contributed by atoms with Gasteiger partial charge in [-0.25, -0.2) is 4.79 Å². The Hall–Kier alpha value is -7.26. The number of carboxylic acids is 1. The second-order valence-electron chi connectivity index (χ2n) is 14.1. The van der Waals surface area contributed by atoms with Gasteiger partial charge in [0.15, 0.2) is 0 Å². The number of rotatable bonds is 10. The Balaban J connectivity index is 1.24. The molecule has 9 aromatic rings. The number of benzene rings is 7. The number of aliphatic carboxylic acids is 1. The molecule has 2 aromatic heterocycles. The van der Waals surface area contributed by atoms with E-state index in [0.717, 1.165) is 27.2 Å². The molecule has 9 rings (SSSR count). The lowest BCUT2D eigenvalue weighted by molar-refractivity contribution is -0.132. The van der Waals surface area contributed by atoms with Crippen LogP contribution in [0.1, 0.15) is 50.1 Å². The van der Waals surface area contributed by atoms with Gasteiger partial charge < -0.3 is 9.67 Å². The number of carbonyl (C=O) groups is 1. The van der Waals surface area contributed by atoms with Crippen LogP contribution in [0.4, 0.5) is 0 Å². The number of thiophene rings is 1. The highest BCUT2D eigenvalue weighted by Crippen LogP contribution is 2.41. The summed E-state index contributed by atoms with van der Waals surface area (Å²) in [7, 11) is 0. The molecule has 0 amide bonds. The van der Waals surface area contributed by atoms with Crippen LogP contribution in [-0.4, -0.2) is 15.6 Å². The molecule has 0 radical (unpaired) electrons. The molecule has 0 atom stereocenters. The third-order valence-corrected chi connectivity index (χ3v) is 11.8. The molecule has 272 valence electrons. The molecule has 0 aliphatic carbocycles. The maximum Gasteiger partial charge on any atom is 0.346 e. The van der Waals surface area contributed by atoms with E-state index in [9.17, 15) is 15.2 Å². The molecule has 4 nitrogen and oxygen atoms in total. The van der Waals surface area contributed by atoms with E-state index in [1.54, 1.807) is 6.07 Å². The lowest BCUT2D eigenvalue weighted by Crippen LogP contribution is -2.04. The number of fused-ring (bicyclic) bond motifs is 3. The van der Waals surface area contributed by atoms with Gasteiger partial charge in [0, 0.05) is 38.0 Å². The van der Waals surface area contributed by atoms with Crippen molar-refractivity contribution >= 4 is 45.2 Å². The second kappa shape index (κ2) is 15.5. The minimum atomic E-state index is -1.23. The number of carboxylic acid groups (broad SMARTS) is 1. The zero-order valence-corrected chi connectivity index (χ0v) is 31.7. The smallest absolute Gasteiger partial charge is 0.346 e. The normalized spacial score (nSPS) is 11.7. The van der Waals surface area contributed by atoms with Gasteiger partial charge in [-0.1, -0.05) is 158 Å². The first-order chi connectivity index (χ1) is 28.1. The Morgan fingerprint density at radius 2 is 0.982 bits per heavy atom. The van der Waals surface area contributed by atoms with Crippen molar-refractivity contribution < 1.29 is 9.90 Å². The second-order valence-corrected chi connectivity index (χ2v) is 15.2. The van der Waals surface area contributed by atoms with Crippen LogP contribution >= 0.6 is 11.3 Å². The number of aromatic nitrogens is 1. The molecule has 57 heavy (non-hydrogen) atoms. The summed E-state index contributed by atoms with van der Waals surface area (Å²) in [5.41, 5.74) is 11.4. The summed E-state index contributed by atoms with van der Waals surface area (Å²) in [6.07, 6.45) is 1.43. The molecule has 0 aliphatic rings. The van der Waals surface area contributed by atoms with Gasteiger partial charge in [0.05, 0.1) is 11.0 Å². The van der Waals surface area contributed by atoms with Crippen molar-refractivity contribution in [3.05, 3.63) is 238 Å². The Morgan fingerprint density at radius 1 is 0.544 bits per heavy atom. The van der Waals surface area contributed by atoms with E-state index >= 15 is 0 Å². The van der Waals surface area contributed by atoms with E-state index in [4.69, 9.17) is 0 Å². The molecule has 0 saturated heterocycles. The van der Waals surface area contributed by atoms with E-state index in [0.29, 0.717) is 4.88 Å². The maximum absolute atomic E-state index is 11.5. The van der Waals surface area contributed by atoms with Crippen molar-refractivity contribution in [2.45, 2.75) is 11.8 Å². The van der Waals surface area contributed by atoms with Crippen molar-refractivity contribution in [3.63, 3.8) is 0 Å². The van der Waals surface area contributed by atoms with E-state index < -0.39 is 5.97 Å². The number of nitrogens with zero attached hydrogens (tertiary/aromatic N) is 2. The first kappa shape index (κ1) is 35.4.